The molecule has 0 saturated carbocycles. The fourth-order valence-electron chi connectivity index (χ4n) is 3.83. The summed E-state index contributed by atoms with van der Waals surface area (Å²) in [6.45, 7) is 3.12. The zero-order chi connectivity index (χ0) is 22.5. The molecule has 32 heavy (non-hydrogen) atoms. The van der Waals surface area contributed by atoms with Crippen molar-refractivity contribution < 1.29 is 19.1 Å². The second kappa shape index (κ2) is 9.66. The van der Waals surface area contributed by atoms with Crippen LogP contribution in [-0.2, 0) is 11.3 Å². The van der Waals surface area contributed by atoms with E-state index < -0.39 is 6.04 Å². The molecule has 0 spiro atoms. The van der Waals surface area contributed by atoms with Crippen molar-refractivity contribution in [3.8, 4) is 11.5 Å². The van der Waals surface area contributed by atoms with Crippen LogP contribution in [0.5, 0.6) is 11.5 Å². The van der Waals surface area contributed by atoms with Crippen LogP contribution in [0.4, 0.5) is 5.69 Å². The van der Waals surface area contributed by atoms with E-state index in [0.717, 1.165) is 22.6 Å². The van der Waals surface area contributed by atoms with Gasteiger partial charge in [0.1, 0.15) is 19.3 Å². The molecule has 0 aromatic heterocycles. The van der Waals surface area contributed by atoms with Gasteiger partial charge in [0.2, 0.25) is 5.91 Å². The van der Waals surface area contributed by atoms with E-state index in [0.29, 0.717) is 31.0 Å². The lowest BCUT2D eigenvalue weighted by molar-refractivity contribution is -0.121. The van der Waals surface area contributed by atoms with Gasteiger partial charge in [0.25, 0.3) is 0 Å². The van der Waals surface area contributed by atoms with Crippen molar-refractivity contribution in [1.82, 2.24) is 4.90 Å². The summed E-state index contributed by atoms with van der Waals surface area (Å²) in [7, 11) is 1.92. The number of hydrogen-bond acceptors (Lipinski definition) is 5. The number of carbonyl (C=O) groups is 2. The number of ether oxygens (including phenoxy) is 2. The number of Topliss-reactive ketones (excluding diaryl/α,β-unsaturated/α-hetero) is 1. The first-order chi connectivity index (χ1) is 15.5. The highest BCUT2D eigenvalue weighted by Gasteiger charge is 2.26. The maximum Gasteiger partial charge on any atom is 0.246 e. The minimum Gasteiger partial charge on any atom is -0.486 e. The molecule has 1 unspecified atom stereocenters. The Morgan fingerprint density at radius 3 is 2.44 bits per heavy atom. The van der Waals surface area contributed by atoms with Gasteiger partial charge in [0, 0.05) is 17.8 Å². The average Bonchev–Trinajstić information content (AvgIpc) is 2.80. The maximum absolute atomic E-state index is 13.4. The third-order valence-corrected chi connectivity index (χ3v) is 5.38. The van der Waals surface area contributed by atoms with E-state index >= 15 is 0 Å². The van der Waals surface area contributed by atoms with Crippen LogP contribution in [0.25, 0.3) is 0 Å². The Morgan fingerprint density at radius 1 is 0.938 bits per heavy atom. The Labute approximate surface area is 187 Å². The molecular weight excluding hydrogens is 404 g/mol. The third-order valence-electron chi connectivity index (χ3n) is 5.38. The second-order valence-electron chi connectivity index (χ2n) is 7.83. The summed E-state index contributed by atoms with van der Waals surface area (Å²) >= 11 is 0. The molecule has 4 rings (SSSR count). The Bertz CT molecular complexity index is 1110. The van der Waals surface area contributed by atoms with E-state index in [4.69, 9.17) is 9.47 Å². The predicted octanol–water partition coefficient (Wildman–Crippen LogP) is 4.47. The van der Waals surface area contributed by atoms with Gasteiger partial charge in [-0.15, -0.1) is 0 Å². The van der Waals surface area contributed by atoms with Crippen molar-refractivity contribution in [2.75, 3.05) is 25.6 Å². The summed E-state index contributed by atoms with van der Waals surface area (Å²) < 4.78 is 11.3. The van der Waals surface area contributed by atoms with Crippen molar-refractivity contribution in [1.29, 1.82) is 0 Å². The largest absolute Gasteiger partial charge is 0.486 e. The summed E-state index contributed by atoms with van der Waals surface area (Å²) in [6, 6.07) is 22.0. The van der Waals surface area contributed by atoms with Crippen LogP contribution in [-0.4, -0.2) is 36.9 Å². The van der Waals surface area contributed by atoms with Crippen molar-refractivity contribution in [3.63, 3.8) is 0 Å². The molecule has 6 heteroatoms. The zero-order valence-corrected chi connectivity index (χ0v) is 18.2. The van der Waals surface area contributed by atoms with E-state index in [-0.39, 0.29) is 11.7 Å². The molecule has 0 bridgehead atoms. The van der Waals surface area contributed by atoms with Crippen LogP contribution < -0.4 is 14.8 Å². The van der Waals surface area contributed by atoms with Crippen molar-refractivity contribution in [2.24, 2.45) is 0 Å². The lowest BCUT2D eigenvalue weighted by Gasteiger charge is -2.28. The number of carbonyl (C=O) groups excluding carboxylic acids is 2. The number of nitrogens with one attached hydrogen (secondary N) is 1. The zero-order valence-electron chi connectivity index (χ0n) is 18.2. The van der Waals surface area contributed by atoms with Gasteiger partial charge in [0.05, 0.1) is 0 Å². The fourth-order valence-corrected chi connectivity index (χ4v) is 3.83. The van der Waals surface area contributed by atoms with Gasteiger partial charge >= 0.3 is 0 Å². The van der Waals surface area contributed by atoms with Gasteiger partial charge in [-0.2, -0.15) is 0 Å². The summed E-state index contributed by atoms with van der Waals surface area (Å²) in [4.78, 5) is 27.1. The Morgan fingerprint density at radius 2 is 1.69 bits per heavy atom. The summed E-state index contributed by atoms with van der Waals surface area (Å²) in [5, 5.41) is 2.97. The van der Waals surface area contributed by atoms with Crippen molar-refractivity contribution >= 4 is 17.4 Å². The van der Waals surface area contributed by atoms with Crippen LogP contribution in [0, 0.1) is 0 Å². The summed E-state index contributed by atoms with van der Waals surface area (Å²) in [5.41, 5.74) is 3.05. The van der Waals surface area contributed by atoms with Crippen LogP contribution in [0.15, 0.2) is 72.8 Å². The number of hydrogen-bond donors (Lipinski definition) is 1. The molecule has 164 valence electrons. The van der Waals surface area contributed by atoms with Gasteiger partial charge in [-0.05, 0) is 49.4 Å². The minimum atomic E-state index is -0.523. The molecule has 0 saturated heterocycles. The Balaban J connectivity index is 1.57. The predicted molar refractivity (Wildman–Crippen MR) is 123 cm³/mol. The number of amides is 1. The normalized spacial score (nSPS) is 13.5. The molecule has 6 nitrogen and oxygen atoms in total. The quantitative estimate of drug-likeness (QED) is 0.560. The molecule has 1 amide bonds. The molecule has 0 radical (unpaired) electrons. The topological polar surface area (TPSA) is 67.9 Å². The first kappa shape index (κ1) is 21.6. The maximum atomic E-state index is 13.4. The molecular formula is C26H26N2O4. The van der Waals surface area contributed by atoms with Crippen LogP contribution in [0.3, 0.4) is 0 Å². The lowest BCUT2D eigenvalue weighted by Crippen LogP contribution is -2.34. The molecule has 1 atom stereocenters. The molecule has 1 aliphatic rings. The SMILES string of the molecule is CC(=O)c1cccc(NC(=O)C(c2ccccc2)N(C)Cc2ccc3c(c2)OCCO3)c1. The van der Waals surface area contributed by atoms with E-state index in [1.165, 1.54) is 6.92 Å². The van der Waals surface area contributed by atoms with Crippen LogP contribution in [0.2, 0.25) is 0 Å². The smallest absolute Gasteiger partial charge is 0.246 e. The Kier molecular flexibility index (Phi) is 6.52. The first-order valence-corrected chi connectivity index (χ1v) is 10.6. The molecule has 1 N–H and O–H groups in total. The van der Waals surface area contributed by atoms with Crippen molar-refractivity contribution in [3.05, 3.63) is 89.5 Å². The van der Waals surface area contributed by atoms with E-state index in [9.17, 15) is 9.59 Å². The highest BCUT2D eigenvalue weighted by Crippen LogP contribution is 2.32. The van der Waals surface area contributed by atoms with Crippen LogP contribution >= 0.6 is 0 Å². The average molecular weight is 431 g/mol. The second-order valence-corrected chi connectivity index (χ2v) is 7.83. The molecule has 0 aliphatic carbocycles. The standard InChI is InChI=1S/C26H26N2O4/c1-18(29)21-9-6-10-22(16-21)27-26(30)25(20-7-4-3-5-8-20)28(2)17-19-11-12-23-24(15-19)32-14-13-31-23/h3-12,15-16,25H,13-14,17H2,1-2H3,(H,27,30). The number of nitrogens with zero attached hydrogens (tertiary/aromatic N) is 1. The number of fused-ring (bicyclic) bond motifs is 1. The molecule has 1 aliphatic heterocycles. The van der Waals surface area contributed by atoms with Gasteiger partial charge in [-0.3, -0.25) is 14.5 Å². The van der Waals surface area contributed by atoms with Gasteiger partial charge < -0.3 is 14.8 Å². The number of ketones is 1. The van der Waals surface area contributed by atoms with Crippen LogP contribution in [0.1, 0.15) is 34.5 Å². The van der Waals surface area contributed by atoms with Crippen molar-refractivity contribution in [2.45, 2.75) is 19.5 Å². The third kappa shape index (κ3) is 4.98. The molecule has 3 aromatic carbocycles. The monoisotopic (exact) mass is 430 g/mol. The number of anilines is 1. The first-order valence-electron chi connectivity index (χ1n) is 10.6. The van der Waals surface area contributed by atoms with Gasteiger partial charge in [-0.1, -0.05) is 48.5 Å². The van der Waals surface area contributed by atoms with E-state index in [1.54, 1.807) is 24.3 Å². The number of likely N-dealkylation sites (N-methyl/N-ethyl adjacent to an activating group) is 1. The number of benzene rings is 3. The molecule has 3 aromatic rings. The highest BCUT2D eigenvalue weighted by molar-refractivity contribution is 5.98. The Hall–Kier alpha value is -3.64. The van der Waals surface area contributed by atoms with E-state index in [1.807, 2.05) is 60.5 Å². The molecule has 1 heterocycles. The van der Waals surface area contributed by atoms with Gasteiger partial charge in [0.15, 0.2) is 17.3 Å². The van der Waals surface area contributed by atoms with Gasteiger partial charge in [-0.25, -0.2) is 0 Å². The minimum absolute atomic E-state index is 0.0450. The summed E-state index contributed by atoms with van der Waals surface area (Å²) in [6.07, 6.45) is 0. The highest BCUT2D eigenvalue weighted by atomic mass is 16.6. The fraction of sp³-hybridized carbons (Fsp3) is 0.231. The lowest BCUT2D eigenvalue weighted by atomic mass is 10.0. The molecule has 0 fully saturated rings. The summed E-state index contributed by atoms with van der Waals surface area (Å²) in [5.74, 6) is 1.25. The van der Waals surface area contributed by atoms with E-state index in [2.05, 4.69) is 5.32 Å². The number of rotatable bonds is 7.